The van der Waals surface area contributed by atoms with Gasteiger partial charge in [-0.1, -0.05) is 13.0 Å². The van der Waals surface area contributed by atoms with Crippen LogP contribution >= 0.6 is 0 Å². The van der Waals surface area contributed by atoms with Gasteiger partial charge in [0.05, 0.1) is 11.4 Å². The van der Waals surface area contributed by atoms with E-state index in [1.807, 2.05) is 30.0 Å². The van der Waals surface area contributed by atoms with Crippen LogP contribution in [0.1, 0.15) is 19.8 Å². The molecule has 7 heteroatoms. The molecule has 21 heavy (non-hydrogen) atoms. The highest BCUT2D eigenvalue weighted by molar-refractivity contribution is 7.89. The van der Waals surface area contributed by atoms with E-state index in [9.17, 15) is 13.5 Å². The Balaban J connectivity index is 2.02. The second kappa shape index (κ2) is 6.29. The van der Waals surface area contributed by atoms with Gasteiger partial charge in [-0.25, -0.2) is 17.7 Å². The minimum Gasteiger partial charge on any atom is -0.387 e. The molecule has 0 radical (unpaired) electrons. The van der Waals surface area contributed by atoms with Gasteiger partial charge in [-0.05, 0) is 25.0 Å². The third-order valence-corrected chi connectivity index (χ3v) is 5.76. The molecule has 0 saturated carbocycles. The fraction of sp³-hybridized carbons (Fsp3) is 0.643. The zero-order chi connectivity index (χ0) is 15.5. The molecule has 0 bridgehead atoms. The summed E-state index contributed by atoms with van der Waals surface area (Å²) in [5, 5.41) is 10.6. The van der Waals surface area contributed by atoms with E-state index >= 15 is 0 Å². The smallest absolute Gasteiger partial charge is 0.213 e. The van der Waals surface area contributed by atoms with E-state index < -0.39 is 15.6 Å². The Labute approximate surface area is 126 Å². The highest BCUT2D eigenvalue weighted by Crippen LogP contribution is 2.26. The Morgan fingerprint density at radius 2 is 2.24 bits per heavy atom. The monoisotopic (exact) mass is 313 g/mol. The molecule has 6 nitrogen and oxygen atoms in total. The number of anilines is 1. The van der Waals surface area contributed by atoms with Gasteiger partial charge >= 0.3 is 0 Å². The van der Waals surface area contributed by atoms with Crippen molar-refractivity contribution in [1.29, 1.82) is 0 Å². The predicted octanol–water partition coefficient (Wildman–Crippen LogP) is 0.694. The molecular weight excluding hydrogens is 290 g/mol. The second-order valence-corrected chi connectivity index (χ2v) is 7.85. The van der Waals surface area contributed by atoms with Gasteiger partial charge in [0.15, 0.2) is 0 Å². The number of hydrogen-bond acceptors (Lipinski definition) is 5. The molecule has 0 aliphatic carbocycles. The summed E-state index contributed by atoms with van der Waals surface area (Å²) in [6.45, 7) is 3.03. The molecule has 1 aliphatic heterocycles. The third kappa shape index (κ3) is 3.93. The lowest BCUT2D eigenvalue weighted by Crippen LogP contribution is -2.46. The molecule has 0 unspecified atom stereocenters. The first-order valence-electron chi connectivity index (χ1n) is 7.19. The first-order chi connectivity index (χ1) is 9.86. The Morgan fingerprint density at radius 3 is 2.86 bits per heavy atom. The molecular formula is C14H23N3O3S. The highest BCUT2D eigenvalue weighted by atomic mass is 32.2. The minimum atomic E-state index is -3.28. The SMILES string of the molecule is CCCS(=O)(=O)N(C)C[C@]1(O)CCN(c2ccccn2)C1. The van der Waals surface area contributed by atoms with Gasteiger partial charge in [-0.3, -0.25) is 0 Å². The summed E-state index contributed by atoms with van der Waals surface area (Å²) in [5.41, 5.74) is -1.02. The van der Waals surface area contributed by atoms with Crippen LogP contribution in [0.4, 0.5) is 5.82 Å². The van der Waals surface area contributed by atoms with Gasteiger partial charge in [0.2, 0.25) is 10.0 Å². The molecule has 1 atom stereocenters. The molecule has 1 saturated heterocycles. The van der Waals surface area contributed by atoms with Crippen LogP contribution in [0.25, 0.3) is 0 Å². The topological polar surface area (TPSA) is 73.7 Å². The average Bonchev–Trinajstić information content (AvgIpc) is 2.82. The number of pyridine rings is 1. The Kier molecular flexibility index (Phi) is 4.85. The van der Waals surface area contributed by atoms with E-state index in [2.05, 4.69) is 4.98 Å². The van der Waals surface area contributed by atoms with Crippen molar-refractivity contribution in [2.45, 2.75) is 25.4 Å². The van der Waals surface area contributed by atoms with Crippen molar-refractivity contribution in [2.75, 3.05) is 37.3 Å². The maximum atomic E-state index is 12.0. The van der Waals surface area contributed by atoms with Crippen molar-refractivity contribution in [3.8, 4) is 0 Å². The third-order valence-electron chi connectivity index (χ3n) is 3.76. The van der Waals surface area contributed by atoms with Crippen molar-refractivity contribution in [3.63, 3.8) is 0 Å². The van der Waals surface area contributed by atoms with Gasteiger partial charge in [-0.15, -0.1) is 0 Å². The number of hydrogen-bond donors (Lipinski definition) is 1. The van der Waals surface area contributed by atoms with Crippen molar-refractivity contribution in [1.82, 2.24) is 9.29 Å². The number of β-amino-alcohol motifs (C(OH)–C–C–N with tert-alkyl or cyclic N) is 1. The zero-order valence-corrected chi connectivity index (χ0v) is 13.4. The molecule has 1 N–H and O–H groups in total. The van der Waals surface area contributed by atoms with Gasteiger partial charge in [0, 0.05) is 32.9 Å². The Bertz CT molecular complexity index is 564. The van der Waals surface area contributed by atoms with Crippen LogP contribution in [-0.4, -0.2) is 60.8 Å². The zero-order valence-electron chi connectivity index (χ0n) is 12.6. The molecule has 2 rings (SSSR count). The number of nitrogens with zero attached hydrogens (tertiary/aromatic N) is 3. The van der Waals surface area contributed by atoms with Gasteiger partial charge in [0.25, 0.3) is 0 Å². The van der Waals surface area contributed by atoms with Crippen LogP contribution in [0.15, 0.2) is 24.4 Å². The standard InChI is InChI=1S/C14H23N3O3S/c1-3-10-21(19,20)16(2)11-14(18)7-9-17(12-14)13-6-4-5-8-15-13/h4-6,8,18H,3,7,9-12H2,1-2H3/t14-/m1/s1. The van der Waals surface area contributed by atoms with Crippen LogP contribution in [0.2, 0.25) is 0 Å². The lowest BCUT2D eigenvalue weighted by Gasteiger charge is -2.28. The molecule has 2 heterocycles. The maximum absolute atomic E-state index is 12.0. The Morgan fingerprint density at radius 1 is 1.48 bits per heavy atom. The fourth-order valence-corrected chi connectivity index (χ4v) is 3.91. The van der Waals surface area contributed by atoms with Crippen molar-refractivity contribution < 1.29 is 13.5 Å². The first-order valence-corrected chi connectivity index (χ1v) is 8.80. The van der Waals surface area contributed by atoms with Crippen LogP contribution in [0.5, 0.6) is 0 Å². The summed E-state index contributed by atoms with van der Waals surface area (Å²) in [6, 6.07) is 5.64. The summed E-state index contributed by atoms with van der Waals surface area (Å²) in [7, 11) is -1.74. The summed E-state index contributed by atoms with van der Waals surface area (Å²) in [6.07, 6.45) is 2.82. The molecule has 0 aromatic carbocycles. The number of aromatic nitrogens is 1. The summed E-state index contributed by atoms with van der Waals surface area (Å²) in [5.74, 6) is 0.927. The summed E-state index contributed by atoms with van der Waals surface area (Å²) in [4.78, 5) is 6.25. The van der Waals surface area contributed by atoms with E-state index in [0.717, 1.165) is 5.82 Å². The highest BCUT2D eigenvalue weighted by Gasteiger charge is 2.39. The predicted molar refractivity (Wildman–Crippen MR) is 82.7 cm³/mol. The number of aliphatic hydroxyl groups is 1. The van der Waals surface area contributed by atoms with E-state index in [0.29, 0.717) is 25.9 Å². The van der Waals surface area contributed by atoms with Crippen LogP contribution < -0.4 is 4.90 Å². The molecule has 0 amide bonds. The van der Waals surface area contributed by atoms with Crippen molar-refractivity contribution in [3.05, 3.63) is 24.4 Å². The largest absolute Gasteiger partial charge is 0.387 e. The molecule has 1 fully saturated rings. The van der Waals surface area contributed by atoms with Crippen LogP contribution in [0.3, 0.4) is 0 Å². The molecule has 0 spiro atoms. The second-order valence-electron chi connectivity index (χ2n) is 5.66. The molecule has 1 aromatic rings. The van der Waals surface area contributed by atoms with Crippen molar-refractivity contribution >= 4 is 15.8 Å². The summed E-state index contributed by atoms with van der Waals surface area (Å²) < 4.78 is 25.3. The number of rotatable bonds is 6. The quantitative estimate of drug-likeness (QED) is 0.836. The van der Waals surface area contributed by atoms with Crippen LogP contribution in [0, 0.1) is 0 Å². The molecule has 1 aromatic heterocycles. The normalized spacial score (nSPS) is 23.0. The van der Waals surface area contributed by atoms with Crippen molar-refractivity contribution in [2.24, 2.45) is 0 Å². The minimum absolute atomic E-state index is 0.115. The van der Waals surface area contributed by atoms with E-state index in [-0.39, 0.29) is 12.3 Å². The lowest BCUT2D eigenvalue weighted by molar-refractivity contribution is 0.0479. The molecule has 1 aliphatic rings. The maximum Gasteiger partial charge on any atom is 0.213 e. The van der Waals surface area contributed by atoms with E-state index in [1.165, 1.54) is 11.4 Å². The average molecular weight is 313 g/mol. The van der Waals surface area contributed by atoms with E-state index in [4.69, 9.17) is 0 Å². The fourth-order valence-electron chi connectivity index (χ4n) is 2.65. The van der Waals surface area contributed by atoms with Gasteiger partial charge < -0.3 is 10.0 Å². The number of likely N-dealkylation sites (N-methyl/N-ethyl adjacent to an activating group) is 1. The van der Waals surface area contributed by atoms with Gasteiger partial charge in [0.1, 0.15) is 5.82 Å². The number of sulfonamides is 1. The summed E-state index contributed by atoms with van der Waals surface area (Å²) >= 11 is 0. The Hall–Kier alpha value is -1.18. The first kappa shape index (κ1) is 16.2. The lowest BCUT2D eigenvalue weighted by atomic mass is 10.0. The molecule has 118 valence electrons. The van der Waals surface area contributed by atoms with Gasteiger partial charge in [-0.2, -0.15) is 0 Å². The van der Waals surface area contributed by atoms with Crippen LogP contribution in [-0.2, 0) is 10.0 Å². The van der Waals surface area contributed by atoms with E-state index in [1.54, 1.807) is 6.20 Å².